The fourth-order valence-corrected chi connectivity index (χ4v) is 4.52. The lowest BCUT2D eigenvalue weighted by Crippen LogP contribution is -2.13. The van der Waals surface area contributed by atoms with E-state index >= 15 is 0 Å². The van der Waals surface area contributed by atoms with Crippen LogP contribution >= 0.6 is 11.3 Å². The molecule has 0 aliphatic rings. The molecule has 0 saturated carbocycles. The molecule has 0 aliphatic heterocycles. The summed E-state index contributed by atoms with van der Waals surface area (Å²) in [6, 6.07) is 17.3. The Kier molecular flexibility index (Phi) is 6.15. The maximum atomic E-state index is 13.0. The van der Waals surface area contributed by atoms with Crippen molar-refractivity contribution in [3.63, 3.8) is 0 Å². The average molecular weight is 505 g/mol. The van der Waals surface area contributed by atoms with Crippen molar-refractivity contribution in [2.45, 2.75) is 13.1 Å². The number of amides is 1. The van der Waals surface area contributed by atoms with Crippen LogP contribution in [0.1, 0.15) is 21.5 Å². The lowest BCUT2D eigenvalue weighted by atomic mass is 10.1. The van der Waals surface area contributed by atoms with Gasteiger partial charge >= 0.3 is 6.18 Å². The van der Waals surface area contributed by atoms with Gasteiger partial charge < -0.3 is 10.6 Å². The van der Waals surface area contributed by atoms with E-state index in [1.165, 1.54) is 23.5 Å². The largest absolute Gasteiger partial charge is 0.416 e. The van der Waals surface area contributed by atoms with Gasteiger partial charge in [0, 0.05) is 40.3 Å². The molecule has 0 radical (unpaired) electrons. The van der Waals surface area contributed by atoms with Crippen molar-refractivity contribution in [1.82, 2.24) is 9.97 Å². The number of pyridine rings is 2. The van der Waals surface area contributed by atoms with Gasteiger partial charge in [0.25, 0.3) is 5.91 Å². The van der Waals surface area contributed by atoms with E-state index in [1.807, 2.05) is 36.6 Å². The van der Waals surface area contributed by atoms with Crippen LogP contribution in [0.2, 0.25) is 0 Å². The maximum Gasteiger partial charge on any atom is 0.416 e. The van der Waals surface area contributed by atoms with E-state index in [0.717, 1.165) is 44.9 Å². The fourth-order valence-electron chi connectivity index (χ4n) is 3.73. The second kappa shape index (κ2) is 9.43. The first-order chi connectivity index (χ1) is 17.3. The number of anilines is 3. The zero-order valence-corrected chi connectivity index (χ0v) is 19.7. The number of benzene rings is 2. The Labute approximate surface area is 208 Å². The molecule has 3 heterocycles. The summed E-state index contributed by atoms with van der Waals surface area (Å²) in [5.41, 5.74) is 3.60. The van der Waals surface area contributed by atoms with Gasteiger partial charge in [0.1, 0.15) is 4.83 Å². The summed E-state index contributed by atoms with van der Waals surface area (Å²) in [5.74, 6) is -0.510. The number of thiophene rings is 1. The molecule has 0 saturated heterocycles. The number of hydrogen-bond donors (Lipinski definition) is 2. The molecular formula is C27H19F3N4OS. The van der Waals surface area contributed by atoms with Crippen molar-refractivity contribution in [2.75, 3.05) is 10.6 Å². The molecule has 0 aliphatic carbocycles. The van der Waals surface area contributed by atoms with E-state index < -0.39 is 17.6 Å². The Morgan fingerprint density at radius 3 is 2.61 bits per heavy atom. The monoisotopic (exact) mass is 504 g/mol. The topological polar surface area (TPSA) is 66.9 Å². The van der Waals surface area contributed by atoms with Crippen molar-refractivity contribution in [3.05, 3.63) is 101 Å². The zero-order valence-electron chi connectivity index (χ0n) is 18.9. The molecule has 5 rings (SSSR count). The third-order valence-corrected chi connectivity index (χ3v) is 6.42. The number of halogens is 3. The van der Waals surface area contributed by atoms with Gasteiger partial charge in [0.15, 0.2) is 0 Å². The molecule has 2 aromatic carbocycles. The molecule has 0 bridgehead atoms. The number of nitrogens with one attached hydrogen (secondary N) is 2. The van der Waals surface area contributed by atoms with E-state index in [-0.39, 0.29) is 5.69 Å². The number of rotatable bonds is 5. The minimum absolute atomic E-state index is 0.0696. The number of aryl methyl sites for hydroxylation is 1. The van der Waals surface area contributed by atoms with Crippen LogP contribution in [-0.4, -0.2) is 15.9 Å². The van der Waals surface area contributed by atoms with Crippen LogP contribution in [0.3, 0.4) is 0 Å². The van der Waals surface area contributed by atoms with Gasteiger partial charge in [-0.05, 0) is 72.5 Å². The van der Waals surface area contributed by atoms with Gasteiger partial charge in [-0.25, -0.2) is 4.98 Å². The first kappa shape index (κ1) is 23.5. The first-order valence-corrected chi connectivity index (χ1v) is 11.8. The van der Waals surface area contributed by atoms with Crippen LogP contribution in [0.15, 0.2) is 84.5 Å². The number of carbonyl (C=O) groups is 1. The van der Waals surface area contributed by atoms with Crippen molar-refractivity contribution in [3.8, 4) is 11.3 Å². The SMILES string of the molecule is Cc1ccc(C(=O)Nc2cccc(C(F)(F)F)c2)cc1Nc1cc(-c2cccnc2)nc2sccc12. The third kappa shape index (κ3) is 4.92. The molecule has 1 amide bonds. The Morgan fingerprint density at radius 2 is 1.83 bits per heavy atom. The van der Waals surface area contributed by atoms with Crippen LogP contribution < -0.4 is 10.6 Å². The highest BCUT2D eigenvalue weighted by Gasteiger charge is 2.30. The van der Waals surface area contributed by atoms with Crippen molar-refractivity contribution < 1.29 is 18.0 Å². The zero-order chi connectivity index (χ0) is 25.3. The van der Waals surface area contributed by atoms with Gasteiger partial charge in [-0.2, -0.15) is 13.2 Å². The van der Waals surface area contributed by atoms with Crippen LogP contribution in [0.25, 0.3) is 21.5 Å². The molecule has 0 fully saturated rings. The third-order valence-electron chi connectivity index (χ3n) is 5.61. The van der Waals surface area contributed by atoms with Gasteiger partial charge in [-0.1, -0.05) is 12.1 Å². The fraction of sp³-hybridized carbons (Fsp3) is 0.0741. The Balaban J connectivity index is 1.45. The molecule has 9 heteroatoms. The maximum absolute atomic E-state index is 13.0. The number of alkyl halides is 3. The normalized spacial score (nSPS) is 11.4. The molecule has 5 nitrogen and oxygen atoms in total. The summed E-state index contributed by atoms with van der Waals surface area (Å²) in [5, 5.41) is 8.87. The second-order valence-electron chi connectivity index (χ2n) is 8.12. The minimum Gasteiger partial charge on any atom is -0.355 e. The second-order valence-corrected chi connectivity index (χ2v) is 9.02. The van der Waals surface area contributed by atoms with E-state index in [2.05, 4.69) is 15.6 Å². The summed E-state index contributed by atoms with van der Waals surface area (Å²) in [4.78, 5) is 22.6. The van der Waals surface area contributed by atoms with Crippen LogP contribution in [-0.2, 0) is 6.18 Å². The molecular weight excluding hydrogens is 485 g/mol. The number of hydrogen-bond acceptors (Lipinski definition) is 5. The van der Waals surface area contributed by atoms with Crippen LogP contribution in [0, 0.1) is 6.92 Å². The highest BCUT2D eigenvalue weighted by Crippen LogP contribution is 2.34. The number of aromatic nitrogens is 2. The predicted octanol–water partition coefficient (Wildman–Crippen LogP) is 7.68. The Morgan fingerprint density at radius 1 is 0.972 bits per heavy atom. The first-order valence-electron chi connectivity index (χ1n) is 10.9. The summed E-state index contributed by atoms with van der Waals surface area (Å²) < 4.78 is 39.1. The summed E-state index contributed by atoms with van der Waals surface area (Å²) in [6.07, 6.45) is -1.05. The van der Waals surface area contributed by atoms with Gasteiger partial charge in [-0.15, -0.1) is 11.3 Å². The highest BCUT2D eigenvalue weighted by atomic mass is 32.1. The number of nitrogens with zero attached hydrogens (tertiary/aromatic N) is 2. The lowest BCUT2D eigenvalue weighted by Gasteiger charge is -2.14. The molecule has 0 unspecified atom stereocenters. The van der Waals surface area contributed by atoms with Crippen molar-refractivity contribution in [1.29, 1.82) is 0 Å². The van der Waals surface area contributed by atoms with Crippen LogP contribution in [0.5, 0.6) is 0 Å². The molecule has 2 N–H and O–H groups in total. The van der Waals surface area contributed by atoms with Crippen LogP contribution in [0.4, 0.5) is 30.2 Å². The predicted molar refractivity (Wildman–Crippen MR) is 137 cm³/mol. The summed E-state index contributed by atoms with van der Waals surface area (Å²) in [7, 11) is 0. The molecule has 3 aromatic heterocycles. The molecule has 0 spiro atoms. The summed E-state index contributed by atoms with van der Waals surface area (Å²) in [6.45, 7) is 1.91. The average Bonchev–Trinajstić information content (AvgIpc) is 3.35. The van der Waals surface area contributed by atoms with Crippen molar-refractivity contribution in [2.24, 2.45) is 0 Å². The smallest absolute Gasteiger partial charge is 0.355 e. The Hall–Kier alpha value is -4.24. The van der Waals surface area contributed by atoms with Gasteiger partial charge in [-0.3, -0.25) is 9.78 Å². The molecule has 36 heavy (non-hydrogen) atoms. The van der Waals surface area contributed by atoms with Crippen molar-refractivity contribution >= 4 is 44.5 Å². The van der Waals surface area contributed by atoms with E-state index in [4.69, 9.17) is 4.98 Å². The minimum atomic E-state index is -4.49. The number of fused-ring (bicyclic) bond motifs is 1. The standard InChI is InChI=1S/C27H19F3N4OS/c1-16-7-8-17(25(35)32-20-6-2-5-19(13-20)27(28,29)30)12-22(16)33-24-14-23(18-4-3-10-31-15-18)34-26-21(24)9-11-36-26/h2-15H,1H3,(H,32,35)(H,33,34). The summed E-state index contributed by atoms with van der Waals surface area (Å²) >= 11 is 1.52. The molecule has 0 atom stereocenters. The number of carbonyl (C=O) groups excluding carboxylic acids is 1. The Bertz CT molecular complexity index is 1560. The lowest BCUT2D eigenvalue weighted by molar-refractivity contribution is -0.137. The highest BCUT2D eigenvalue weighted by molar-refractivity contribution is 7.16. The van der Waals surface area contributed by atoms with Gasteiger partial charge in [0.05, 0.1) is 16.9 Å². The van der Waals surface area contributed by atoms with E-state index in [9.17, 15) is 18.0 Å². The quantitative estimate of drug-likeness (QED) is 0.258. The van der Waals surface area contributed by atoms with Gasteiger partial charge in [0.2, 0.25) is 0 Å². The molecule has 5 aromatic rings. The van der Waals surface area contributed by atoms with E-state index in [1.54, 1.807) is 30.6 Å². The molecule has 180 valence electrons. The van der Waals surface area contributed by atoms with E-state index in [0.29, 0.717) is 11.3 Å².